The molecule has 1 aliphatic rings. The van der Waals surface area contributed by atoms with E-state index < -0.39 is 0 Å². The molecule has 192 valence electrons. The second-order valence-electron chi connectivity index (χ2n) is 9.42. The van der Waals surface area contributed by atoms with Gasteiger partial charge in [-0.15, -0.1) is 10.2 Å². The second-order valence-corrected chi connectivity index (χ2v) is 11.6. The first kappa shape index (κ1) is 25.6. The fourth-order valence-electron chi connectivity index (χ4n) is 4.84. The largest absolute Gasteiger partial charge is 0.418 e. The maximum Gasteiger partial charge on any atom is 0.268 e. The molecule has 9 heteroatoms. The van der Waals surface area contributed by atoms with Gasteiger partial charge in [-0.1, -0.05) is 76.2 Å². The zero-order valence-corrected chi connectivity index (χ0v) is 24.2. The second kappa shape index (κ2) is 10.2. The van der Waals surface area contributed by atoms with Gasteiger partial charge in [0, 0.05) is 25.8 Å². The van der Waals surface area contributed by atoms with Crippen molar-refractivity contribution in [1.82, 2.24) is 19.7 Å². The molecule has 0 N–H and O–H groups in total. The van der Waals surface area contributed by atoms with Gasteiger partial charge in [-0.05, 0) is 79.4 Å². The zero-order valence-electron chi connectivity index (χ0n) is 20.4. The van der Waals surface area contributed by atoms with E-state index in [1.807, 2.05) is 60.7 Å². The van der Waals surface area contributed by atoms with Gasteiger partial charge in [0.1, 0.15) is 11.5 Å². The summed E-state index contributed by atoms with van der Waals surface area (Å²) >= 11 is 22.6. The van der Waals surface area contributed by atoms with E-state index in [9.17, 15) is 0 Å². The van der Waals surface area contributed by atoms with Crippen LogP contribution in [-0.2, 0) is 11.8 Å². The van der Waals surface area contributed by atoms with Crippen LogP contribution in [0.1, 0.15) is 43.3 Å². The van der Waals surface area contributed by atoms with Crippen LogP contribution < -0.4 is 0 Å². The number of hydrogen-bond donors (Lipinski definition) is 0. The summed E-state index contributed by atoms with van der Waals surface area (Å²) in [5.41, 5.74) is 4.19. The summed E-state index contributed by atoms with van der Waals surface area (Å²) in [5, 5.41) is 10.8. The number of rotatable bonds is 7. The Kier molecular flexibility index (Phi) is 6.85. The molecule has 0 unspecified atom stereocenters. The Morgan fingerprint density at radius 2 is 1.63 bits per heavy atom. The molecule has 1 saturated carbocycles. The summed E-state index contributed by atoms with van der Waals surface area (Å²) in [6.45, 7) is 2.14. The van der Waals surface area contributed by atoms with Crippen LogP contribution in [0.3, 0.4) is 0 Å². The fraction of sp³-hybridized carbons (Fsp3) is 0.207. The van der Waals surface area contributed by atoms with Gasteiger partial charge in [-0.2, -0.15) is 0 Å². The van der Waals surface area contributed by atoms with Crippen molar-refractivity contribution in [3.8, 4) is 28.7 Å². The molecule has 0 atom stereocenters. The van der Waals surface area contributed by atoms with Crippen LogP contribution >= 0.6 is 50.7 Å². The van der Waals surface area contributed by atoms with Crippen molar-refractivity contribution < 1.29 is 4.42 Å². The van der Waals surface area contributed by atoms with Crippen molar-refractivity contribution in [2.24, 2.45) is 0 Å². The quantitative estimate of drug-likeness (QED) is 0.180. The number of benzene rings is 3. The molecule has 2 aromatic heterocycles. The topological polar surface area (TPSA) is 56.7 Å². The highest BCUT2D eigenvalue weighted by Gasteiger charge is 2.51. The molecule has 5 aromatic rings. The van der Waals surface area contributed by atoms with Crippen LogP contribution in [0.5, 0.6) is 0 Å². The molecule has 1 aliphatic carbocycles. The average Bonchev–Trinajstić information content (AvgIpc) is 3.41. The van der Waals surface area contributed by atoms with Crippen LogP contribution in [0.4, 0.5) is 0 Å². The number of aromatic nitrogens is 4. The molecule has 1 fully saturated rings. The van der Waals surface area contributed by atoms with Crippen LogP contribution in [0, 0.1) is 0 Å². The summed E-state index contributed by atoms with van der Waals surface area (Å²) in [6, 6.07) is 21.4. The van der Waals surface area contributed by atoms with E-state index >= 15 is 0 Å². The lowest BCUT2D eigenvalue weighted by Gasteiger charge is -2.13. The first-order valence-electron chi connectivity index (χ1n) is 12.3. The predicted molar refractivity (Wildman–Crippen MR) is 155 cm³/mol. The monoisotopic (exact) mass is 626 g/mol. The van der Waals surface area contributed by atoms with E-state index in [2.05, 4.69) is 37.6 Å². The third-order valence-corrected chi connectivity index (χ3v) is 8.23. The van der Waals surface area contributed by atoms with Gasteiger partial charge >= 0.3 is 0 Å². The molecule has 38 heavy (non-hydrogen) atoms. The lowest BCUT2D eigenvalue weighted by Crippen LogP contribution is -2.08. The highest BCUT2D eigenvalue weighted by atomic mass is 79.9. The molecule has 5 nitrogen and oxygen atoms in total. The average molecular weight is 629 g/mol. The minimum atomic E-state index is -0.280. The van der Waals surface area contributed by atoms with E-state index in [4.69, 9.17) is 44.2 Å². The van der Waals surface area contributed by atoms with Crippen molar-refractivity contribution in [3.63, 3.8) is 0 Å². The first-order chi connectivity index (χ1) is 18.4. The van der Waals surface area contributed by atoms with E-state index in [0.29, 0.717) is 38.4 Å². The van der Waals surface area contributed by atoms with Gasteiger partial charge in [0.25, 0.3) is 5.89 Å². The van der Waals surface area contributed by atoms with Gasteiger partial charge in [-0.3, -0.25) is 4.57 Å². The smallest absolute Gasteiger partial charge is 0.268 e. The van der Waals surface area contributed by atoms with Crippen LogP contribution in [0.25, 0.3) is 28.7 Å². The first-order valence-corrected chi connectivity index (χ1v) is 14.3. The highest BCUT2D eigenvalue weighted by molar-refractivity contribution is 9.10. The highest BCUT2D eigenvalue weighted by Crippen LogP contribution is 2.53. The standard InChI is InChI=1S/C29H22BrCl3N4O/c1-2-3-24-25(27-35-36-28(38-27)29(14-15-29)17-4-8-19(31)9-5-17)34-26(22-13-10-20(32)16-23(22)33)37(24)21-11-6-18(30)7-12-21/h4-13,16H,2-3,14-15H2,1H3. The minimum absolute atomic E-state index is 0.280. The molecule has 0 aliphatic heterocycles. The maximum absolute atomic E-state index is 6.68. The van der Waals surface area contributed by atoms with E-state index in [-0.39, 0.29) is 5.41 Å². The number of imidazole rings is 1. The number of halogens is 4. The Bertz CT molecular complexity index is 1620. The van der Waals surface area contributed by atoms with Crippen LogP contribution in [0.15, 0.2) is 75.6 Å². The molecular weight excluding hydrogens is 607 g/mol. The van der Waals surface area contributed by atoms with Gasteiger partial charge in [0.2, 0.25) is 5.89 Å². The third kappa shape index (κ3) is 4.58. The van der Waals surface area contributed by atoms with Crippen LogP contribution in [0.2, 0.25) is 15.1 Å². The Hall–Kier alpha value is -2.64. The van der Waals surface area contributed by atoms with E-state index in [1.165, 1.54) is 0 Å². The molecule has 0 saturated heterocycles. The fourth-order valence-corrected chi connectivity index (χ4v) is 5.73. The Labute approximate surface area is 243 Å². The molecule has 0 radical (unpaired) electrons. The number of hydrogen-bond acceptors (Lipinski definition) is 4. The molecule has 0 bridgehead atoms. The Balaban J connectivity index is 1.52. The normalized spacial score (nSPS) is 14.1. The SMILES string of the molecule is CCCc1c(-c2nnc(C3(c4ccc(Cl)cc4)CC3)o2)nc(-c2ccc(Cl)cc2Cl)n1-c1ccc(Br)cc1. The summed E-state index contributed by atoms with van der Waals surface area (Å²) < 4.78 is 9.49. The molecular formula is C29H22BrCl3N4O. The maximum atomic E-state index is 6.68. The van der Waals surface area contributed by atoms with Gasteiger partial charge in [-0.25, -0.2) is 4.98 Å². The van der Waals surface area contributed by atoms with Gasteiger partial charge < -0.3 is 4.42 Å². The van der Waals surface area contributed by atoms with Crippen molar-refractivity contribution in [3.05, 3.63) is 103 Å². The summed E-state index contributed by atoms with van der Waals surface area (Å²) in [4.78, 5) is 5.07. The van der Waals surface area contributed by atoms with E-state index in [1.54, 1.807) is 6.07 Å². The van der Waals surface area contributed by atoms with Crippen molar-refractivity contribution >= 4 is 50.7 Å². The molecule has 6 rings (SSSR count). The van der Waals surface area contributed by atoms with E-state index in [0.717, 1.165) is 52.7 Å². The lowest BCUT2D eigenvalue weighted by molar-refractivity contribution is 0.470. The Morgan fingerprint density at radius 1 is 0.921 bits per heavy atom. The molecule has 0 spiro atoms. The third-order valence-electron chi connectivity index (χ3n) is 6.90. The van der Waals surface area contributed by atoms with Gasteiger partial charge in [0.15, 0.2) is 0 Å². The predicted octanol–water partition coefficient (Wildman–Crippen LogP) is 9.34. The van der Waals surface area contributed by atoms with Crippen molar-refractivity contribution in [2.45, 2.75) is 38.0 Å². The molecule has 2 heterocycles. The van der Waals surface area contributed by atoms with Crippen LogP contribution in [-0.4, -0.2) is 19.7 Å². The number of nitrogens with zero attached hydrogens (tertiary/aromatic N) is 4. The minimum Gasteiger partial charge on any atom is -0.418 e. The van der Waals surface area contributed by atoms with Crippen molar-refractivity contribution in [2.75, 3.05) is 0 Å². The Morgan fingerprint density at radius 3 is 2.29 bits per heavy atom. The molecule has 3 aromatic carbocycles. The van der Waals surface area contributed by atoms with Gasteiger partial charge in [0.05, 0.1) is 16.1 Å². The zero-order chi connectivity index (χ0) is 26.4. The summed E-state index contributed by atoms with van der Waals surface area (Å²) in [6.07, 6.45) is 3.54. The van der Waals surface area contributed by atoms with Crippen molar-refractivity contribution in [1.29, 1.82) is 0 Å². The summed E-state index contributed by atoms with van der Waals surface area (Å²) in [5.74, 6) is 1.68. The summed E-state index contributed by atoms with van der Waals surface area (Å²) in [7, 11) is 0. The lowest BCUT2D eigenvalue weighted by atomic mass is 9.96. The molecule has 0 amide bonds.